The van der Waals surface area contributed by atoms with Gasteiger partial charge in [-0.3, -0.25) is 0 Å². The molecule has 0 aromatic carbocycles. The van der Waals surface area contributed by atoms with Crippen LogP contribution >= 0.6 is 27.3 Å². The predicted molar refractivity (Wildman–Crippen MR) is 54.5 cm³/mol. The highest BCUT2D eigenvalue weighted by Crippen LogP contribution is 2.24. The summed E-state index contributed by atoms with van der Waals surface area (Å²) >= 11 is 4.76. The van der Waals surface area contributed by atoms with E-state index in [0.29, 0.717) is 0 Å². The molecule has 0 N–H and O–H groups in total. The maximum Gasteiger partial charge on any atom is 0.184 e. The molecule has 0 fully saturated rings. The van der Waals surface area contributed by atoms with Gasteiger partial charge in [-0.2, -0.15) is 0 Å². The minimum atomic E-state index is 0.785. The lowest BCUT2D eigenvalue weighted by atomic mass is 10.6. The average Bonchev–Trinajstić information content (AvgIpc) is 2.71. The minimum absolute atomic E-state index is 0.785. The van der Waals surface area contributed by atoms with E-state index in [1.807, 2.05) is 10.8 Å². The summed E-state index contributed by atoms with van der Waals surface area (Å²) in [5.41, 5.74) is 0. The van der Waals surface area contributed by atoms with E-state index in [-0.39, 0.29) is 0 Å². The van der Waals surface area contributed by atoms with E-state index in [0.717, 1.165) is 21.3 Å². The van der Waals surface area contributed by atoms with Crippen LogP contribution in [0.4, 0.5) is 0 Å². The first-order valence-electron chi connectivity index (χ1n) is 3.81. The van der Waals surface area contributed by atoms with Gasteiger partial charge in [-0.25, -0.2) is 4.98 Å². The van der Waals surface area contributed by atoms with Crippen LogP contribution in [0, 0.1) is 0 Å². The van der Waals surface area contributed by atoms with Crippen molar-refractivity contribution in [2.24, 2.45) is 0 Å². The molecule has 0 saturated heterocycles. The molecular formula is C7H7BrN4S. The standard InChI is InChI=1S/C7H7BrN4S/c1-2-12-4-3-9-5(12)6-10-11-7(8)13-6/h3-4H,2H2,1H3. The third kappa shape index (κ3) is 1.64. The second-order valence-corrected chi connectivity index (χ2v) is 4.65. The van der Waals surface area contributed by atoms with Crippen LogP contribution in [0.15, 0.2) is 16.3 Å². The normalized spacial score (nSPS) is 10.6. The van der Waals surface area contributed by atoms with Crippen LogP contribution in [0.2, 0.25) is 0 Å². The summed E-state index contributed by atoms with van der Waals surface area (Å²) < 4.78 is 2.82. The van der Waals surface area contributed by atoms with E-state index in [4.69, 9.17) is 0 Å². The van der Waals surface area contributed by atoms with E-state index in [2.05, 4.69) is 38.0 Å². The van der Waals surface area contributed by atoms with E-state index >= 15 is 0 Å². The zero-order valence-corrected chi connectivity index (χ0v) is 9.34. The largest absolute Gasteiger partial charge is 0.329 e. The molecule has 4 nitrogen and oxygen atoms in total. The molecule has 6 heteroatoms. The Labute approximate surface area is 87.8 Å². The summed E-state index contributed by atoms with van der Waals surface area (Å²) in [6.07, 6.45) is 3.71. The first-order chi connectivity index (χ1) is 6.31. The molecular weight excluding hydrogens is 252 g/mol. The van der Waals surface area contributed by atoms with Crippen LogP contribution in [-0.4, -0.2) is 19.7 Å². The SMILES string of the molecule is CCn1ccnc1-c1nnc(Br)s1. The Hall–Kier alpha value is -0.750. The number of hydrogen-bond donors (Lipinski definition) is 0. The highest BCUT2D eigenvalue weighted by atomic mass is 79.9. The molecule has 0 aliphatic rings. The van der Waals surface area contributed by atoms with Gasteiger partial charge in [-0.15, -0.1) is 10.2 Å². The van der Waals surface area contributed by atoms with Gasteiger partial charge in [0, 0.05) is 18.9 Å². The molecule has 0 bridgehead atoms. The number of imidazole rings is 1. The van der Waals surface area contributed by atoms with Crippen molar-refractivity contribution in [1.82, 2.24) is 19.7 Å². The zero-order chi connectivity index (χ0) is 9.26. The van der Waals surface area contributed by atoms with Crippen molar-refractivity contribution in [3.8, 4) is 10.8 Å². The average molecular weight is 259 g/mol. The summed E-state index contributed by atoms with van der Waals surface area (Å²) in [7, 11) is 0. The van der Waals surface area contributed by atoms with Gasteiger partial charge in [0.05, 0.1) is 0 Å². The molecule has 2 rings (SSSR count). The molecule has 0 spiro atoms. The molecule has 0 radical (unpaired) electrons. The van der Waals surface area contributed by atoms with Crippen LogP contribution in [-0.2, 0) is 6.54 Å². The van der Waals surface area contributed by atoms with Crippen molar-refractivity contribution in [1.29, 1.82) is 0 Å². The number of rotatable bonds is 2. The van der Waals surface area contributed by atoms with E-state index < -0.39 is 0 Å². The summed E-state index contributed by atoms with van der Waals surface area (Å²) in [6, 6.07) is 0. The zero-order valence-electron chi connectivity index (χ0n) is 6.94. The first-order valence-corrected chi connectivity index (χ1v) is 5.42. The highest BCUT2D eigenvalue weighted by Gasteiger charge is 2.09. The third-order valence-electron chi connectivity index (χ3n) is 1.65. The molecule has 0 amide bonds. The fourth-order valence-electron chi connectivity index (χ4n) is 1.06. The quantitative estimate of drug-likeness (QED) is 0.830. The summed E-state index contributed by atoms with van der Waals surface area (Å²) in [6.45, 7) is 2.97. The summed E-state index contributed by atoms with van der Waals surface area (Å²) in [5.74, 6) is 0.880. The van der Waals surface area contributed by atoms with Crippen LogP contribution in [0.1, 0.15) is 6.92 Å². The monoisotopic (exact) mass is 258 g/mol. The number of aryl methyl sites for hydroxylation is 1. The van der Waals surface area contributed by atoms with Crippen molar-refractivity contribution >= 4 is 27.3 Å². The lowest BCUT2D eigenvalue weighted by Gasteiger charge is -1.98. The lowest BCUT2D eigenvalue weighted by Crippen LogP contribution is -1.95. The lowest BCUT2D eigenvalue weighted by molar-refractivity contribution is 0.768. The van der Waals surface area contributed by atoms with Crippen LogP contribution in [0.5, 0.6) is 0 Å². The molecule has 0 aliphatic carbocycles. The molecule has 13 heavy (non-hydrogen) atoms. The number of hydrogen-bond acceptors (Lipinski definition) is 4. The van der Waals surface area contributed by atoms with Gasteiger partial charge in [0.1, 0.15) is 0 Å². The molecule has 2 aromatic heterocycles. The Bertz CT molecular complexity index is 408. The summed E-state index contributed by atoms with van der Waals surface area (Å²) in [4.78, 5) is 4.22. The molecule has 2 heterocycles. The second-order valence-electron chi connectivity index (χ2n) is 2.40. The van der Waals surface area contributed by atoms with Crippen molar-refractivity contribution in [2.45, 2.75) is 13.5 Å². The summed E-state index contributed by atoms with van der Waals surface area (Å²) in [5, 5.41) is 8.73. The van der Waals surface area contributed by atoms with Gasteiger partial charge >= 0.3 is 0 Å². The number of halogens is 1. The fraction of sp³-hybridized carbons (Fsp3) is 0.286. The molecule has 2 aromatic rings. The Morgan fingerprint density at radius 2 is 2.38 bits per heavy atom. The maximum atomic E-state index is 4.22. The number of nitrogens with zero attached hydrogens (tertiary/aromatic N) is 4. The topological polar surface area (TPSA) is 43.6 Å². The van der Waals surface area contributed by atoms with Gasteiger partial charge in [0.25, 0.3) is 0 Å². The molecule has 0 saturated carbocycles. The minimum Gasteiger partial charge on any atom is -0.329 e. The van der Waals surface area contributed by atoms with Crippen LogP contribution in [0.25, 0.3) is 10.8 Å². The number of aromatic nitrogens is 4. The molecule has 68 valence electrons. The van der Waals surface area contributed by atoms with Gasteiger partial charge < -0.3 is 4.57 Å². The van der Waals surface area contributed by atoms with E-state index in [1.54, 1.807) is 6.20 Å². The Morgan fingerprint density at radius 1 is 1.54 bits per heavy atom. The van der Waals surface area contributed by atoms with Gasteiger partial charge in [-0.05, 0) is 22.9 Å². The van der Waals surface area contributed by atoms with Crippen molar-refractivity contribution in [3.63, 3.8) is 0 Å². The highest BCUT2D eigenvalue weighted by molar-refractivity contribution is 9.11. The fourth-order valence-corrected chi connectivity index (χ4v) is 2.18. The Morgan fingerprint density at radius 3 is 3.00 bits per heavy atom. The Balaban J connectivity index is 2.45. The third-order valence-corrected chi connectivity index (χ3v) is 3.00. The van der Waals surface area contributed by atoms with E-state index in [9.17, 15) is 0 Å². The van der Waals surface area contributed by atoms with Gasteiger partial charge in [0.15, 0.2) is 14.7 Å². The molecule has 0 aliphatic heterocycles. The second kappa shape index (κ2) is 3.55. The first kappa shape index (κ1) is 8.83. The van der Waals surface area contributed by atoms with E-state index in [1.165, 1.54) is 11.3 Å². The van der Waals surface area contributed by atoms with Crippen molar-refractivity contribution in [3.05, 3.63) is 16.3 Å². The smallest absolute Gasteiger partial charge is 0.184 e. The van der Waals surface area contributed by atoms with Crippen molar-refractivity contribution < 1.29 is 0 Å². The molecule has 0 atom stereocenters. The van der Waals surface area contributed by atoms with Crippen LogP contribution < -0.4 is 0 Å². The maximum absolute atomic E-state index is 4.22. The van der Waals surface area contributed by atoms with Gasteiger partial charge in [0.2, 0.25) is 0 Å². The predicted octanol–water partition coefficient (Wildman–Crippen LogP) is 2.18. The van der Waals surface area contributed by atoms with Crippen LogP contribution in [0.3, 0.4) is 0 Å². The van der Waals surface area contributed by atoms with Gasteiger partial charge in [-0.1, -0.05) is 11.3 Å². The molecule has 0 unspecified atom stereocenters. The Kier molecular flexibility index (Phi) is 2.41. The van der Waals surface area contributed by atoms with Crippen molar-refractivity contribution in [2.75, 3.05) is 0 Å².